The van der Waals surface area contributed by atoms with Gasteiger partial charge in [-0.3, -0.25) is 14.3 Å². The molecule has 7 nitrogen and oxygen atoms in total. The minimum atomic E-state index is -4.91. The summed E-state index contributed by atoms with van der Waals surface area (Å²) in [6.07, 6.45) is -1.73. The maximum atomic E-state index is 15.3. The van der Waals surface area contributed by atoms with E-state index in [9.17, 15) is 27.2 Å². The molecule has 1 aromatic heterocycles. The highest BCUT2D eigenvalue weighted by atomic mass is 32.2. The molecule has 1 amide bonds. The Morgan fingerprint density at radius 1 is 1.07 bits per heavy atom. The van der Waals surface area contributed by atoms with Crippen LogP contribution >= 0.6 is 11.8 Å². The van der Waals surface area contributed by atoms with Crippen molar-refractivity contribution in [1.29, 1.82) is 0 Å². The van der Waals surface area contributed by atoms with Crippen molar-refractivity contribution in [2.24, 2.45) is 0 Å². The molecule has 0 spiro atoms. The van der Waals surface area contributed by atoms with Crippen LogP contribution in [0.2, 0.25) is 0 Å². The maximum Gasteiger partial charge on any atom is 0.417 e. The van der Waals surface area contributed by atoms with Crippen LogP contribution in [0.1, 0.15) is 32.3 Å². The van der Waals surface area contributed by atoms with Gasteiger partial charge in [0, 0.05) is 71.0 Å². The molecule has 0 aliphatic carbocycles. The lowest BCUT2D eigenvalue weighted by Crippen LogP contribution is -2.58. The van der Waals surface area contributed by atoms with Crippen molar-refractivity contribution in [3.8, 4) is 11.1 Å². The molecular formula is C31H32F5N5O2S. The van der Waals surface area contributed by atoms with Crippen molar-refractivity contribution in [3.05, 3.63) is 64.6 Å². The fraction of sp³-hybridized carbons (Fsp3) is 0.452. The number of rotatable bonds is 4. The Labute approximate surface area is 255 Å². The Morgan fingerprint density at radius 3 is 2.45 bits per heavy atom. The Balaban J connectivity index is 1.64. The van der Waals surface area contributed by atoms with E-state index >= 15 is 4.39 Å². The van der Waals surface area contributed by atoms with E-state index in [0.717, 1.165) is 55.9 Å². The Morgan fingerprint density at radius 2 is 1.80 bits per heavy atom. The minimum Gasteiger partial charge on any atom is -0.349 e. The molecule has 2 saturated heterocycles. The van der Waals surface area contributed by atoms with Crippen LogP contribution in [0.25, 0.3) is 22.0 Å². The minimum absolute atomic E-state index is 0.0874. The first-order valence-electron chi connectivity index (χ1n) is 14.6. The van der Waals surface area contributed by atoms with Crippen molar-refractivity contribution in [3.63, 3.8) is 0 Å². The van der Waals surface area contributed by atoms with Crippen molar-refractivity contribution < 1.29 is 26.7 Å². The van der Waals surface area contributed by atoms with E-state index in [1.54, 1.807) is 9.80 Å². The van der Waals surface area contributed by atoms with Crippen molar-refractivity contribution in [2.45, 2.75) is 62.4 Å². The summed E-state index contributed by atoms with van der Waals surface area (Å²) >= 11 is 1.16. The average Bonchev–Trinajstić information content (AvgIpc) is 3.43. The van der Waals surface area contributed by atoms with Crippen LogP contribution in [0.4, 0.5) is 27.8 Å². The maximum absolute atomic E-state index is 15.3. The Kier molecular flexibility index (Phi) is 7.98. The van der Waals surface area contributed by atoms with E-state index < -0.39 is 40.2 Å². The highest BCUT2D eigenvalue weighted by Crippen LogP contribution is 2.49. The number of anilines is 1. The van der Waals surface area contributed by atoms with Gasteiger partial charge in [0.25, 0.3) is 0 Å². The van der Waals surface area contributed by atoms with Gasteiger partial charge in [-0.15, -0.1) is 11.8 Å². The number of hydrogen-bond acceptors (Lipinski definition) is 6. The first kappa shape index (κ1) is 30.6. The van der Waals surface area contributed by atoms with Crippen molar-refractivity contribution >= 4 is 34.4 Å². The molecular weight excluding hydrogens is 601 g/mol. The molecule has 3 aliphatic rings. The summed E-state index contributed by atoms with van der Waals surface area (Å²) in [7, 11) is 0. The zero-order chi connectivity index (χ0) is 31.5. The highest BCUT2D eigenvalue weighted by molar-refractivity contribution is 7.99. The second-order valence-corrected chi connectivity index (χ2v) is 12.8. The third-order valence-corrected chi connectivity index (χ3v) is 10.1. The van der Waals surface area contributed by atoms with Gasteiger partial charge in [-0.2, -0.15) is 18.2 Å². The van der Waals surface area contributed by atoms with Gasteiger partial charge in [-0.1, -0.05) is 6.58 Å². The van der Waals surface area contributed by atoms with Gasteiger partial charge in [0.05, 0.1) is 11.1 Å². The molecule has 3 aromatic rings. The normalized spacial score (nSPS) is 22.8. The van der Waals surface area contributed by atoms with Crippen molar-refractivity contribution in [1.82, 2.24) is 19.4 Å². The molecule has 6 rings (SSSR count). The zero-order valence-electron chi connectivity index (χ0n) is 24.3. The number of piperazine rings is 1. The quantitative estimate of drug-likeness (QED) is 0.278. The molecule has 0 saturated carbocycles. The van der Waals surface area contributed by atoms with Gasteiger partial charge in [0.1, 0.15) is 17.5 Å². The molecule has 3 atom stereocenters. The molecule has 13 heteroatoms. The molecule has 3 aliphatic heterocycles. The average molecular weight is 634 g/mol. The number of carbonyl (C=O) groups excluding carboxylic acids is 1. The second-order valence-electron chi connectivity index (χ2n) is 11.7. The molecule has 1 unspecified atom stereocenters. The predicted molar refractivity (Wildman–Crippen MR) is 160 cm³/mol. The molecule has 0 N–H and O–H groups in total. The smallest absolute Gasteiger partial charge is 0.349 e. The second kappa shape index (κ2) is 11.5. The van der Waals surface area contributed by atoms with Gasteiger partial charge in [0.15, 0.2) is 0 Å². The van der Waals surface area contributed by atoms with Crippen LogP contribution in [0.3, 0.4) is 0 Å². The number of thioether (sulfide) groups is 1. The molecule has 0 bridgehead atoms. The lowest BCUT2D eigenvalue weighted by atomic mass is 9.95. The Hall–Kier alpha value is -3.45. The summed E-state index contributed by atoms with van der Waals surface area (Å²) in [4.78, 5) is 36.4. The number of nitrogens with zero attached hydrogens (tertiary/aromatic N) is 5. The number of likely N-dealkylation sites (tertiary alicyclic amines) is 1. The van der Waals surface area contributed by atoms with Gasteiger partial charge >= 0.3 is 11.9 Å². The number of hydrogen-bond donors (Lipinski definition) is 0. The lowest BCUT2D eigenvalue weighted by Gasteiger charge is -2.44. The first-order chi connectivity index (χ1) is 20.9. The highest BCUT2D eigenvalue weighted by Gasteiger charge is 2.41. The summed E-state index contributed by atoms with van der Waals surface area (Å²) in [5.41, 5.74) is -2.26. The third-order valence-electron chi connectivity index (χ3n) is 8.89. The number of amides is 1. The fourth-order valence-electron chi connectivity index (χ4n) is 6.72. The van der Waals surface area contributed by atoms with E-state index in [1.807, 2.05) is 13.8 Å². The third kappa shape index (κ3) is 5.27. The van der Waals surface area contributed by atoms with Crippen LogP contribution in [0.15, 0.2) is 46.6 Å². The van der Waals surface area contributed by atoms with Crippen molar-refractivity contribution in [2.75, 3.05) is 36.8 Å². The number of aromatic nitrogens is 2. The summed E-state index contributed by atoms with van der Waals surface area (Å²) < 4.78 is 75.4. The van der Waals surface area contributed by atoms with E-state index in [4.69, 9.17) is 0 Å². The fourth-order valence-corrected chi connectivity index (χ4v) is 8.12. The van der Waals surface area contributed by atoms with Gasteiger partial charge < -0.3 is 9.80 Å². The molecule has 234 valence electrons. The van der Waals surface area contributed by atoms with Gasteiger partial charge in [0.2, 0.25) is 5.91 Å². The molecule has 0 radical (unpaired) electrons. The summed E-state index contributed by atoms with van der Waals surface area (Å²) in [6, 6.07) is 2.59. The van der Waals surface area contributed by atoms with Gasteiger partial charge in [-0.25, -0.2) is 13.6 Å². The summed E-state index contributed by atoms with van der Waals surface area (Å²) in [5, 5.41) is 0.121. The summed E-state index contributed by atoms with van der Waals surface area (Å²) in [6.45, 7) is 9.50. The molecule has 2 fully saturated rings. The lowest BCUT2D eigenvalue weighted by molar-refractivity contribution is -0.137. The van der Waals surface area contributed by atoms with Crippen LogP contribution in [-0.4, -0.2) is 75.3 Å². The number of alkyl halides is 3. The van der Waals surface area contributed by atoms with Crippen LogP contribution in [-0.2, 0) is 17.5 Å². The zero-order valence-corrected chi connectivity index (χ0v) is 25.1. The van der Waals surface area contributed by atoms with E-state index in [0.29, 0.717) is 11.8 Å². The molecule has 2 aromatic carbocycles. The topological polar surface area (TPSA) is 61.7 Å². The Bertz CT molecular complexity index is 1700. The van der Waals surface area contributed by atoms with Crippen LogP contribution in [0, 0.1) is 11.6 Å². The summed E-state index contributed by atoms with van der Waals surface area (Å²) in [5.74, 6) is -1.84. The number of benzene rings is 2. The first-order valence-corrected chi connectivity index (χ1v) is 15.6. The number of halogens is 5. The van der Waals surface area contributed by atoms with E-state index in [1.165, 1.54) is 10.6 Å². The van der Waals surface area contributed by atoms with E-state index in [2.05, 4.69) is 16.5 Å². The van der Waals surface area contributed by atoms with Gasteiger partial charge in [-0.05, 0) is 64.1 Å². The molecule has 44 heavy (non-hydrogen) atoms. The predicted octanol–water partition coefficient (Wildman–Crippen LogP) is 5.54. The van der Waals surface area contributed by atoms with Crippen LogP contribution in [0.5, 0.6) is 0 Å². The van der Waals surface area contributed by atoms with Crippen LogP contribution < -0.4 is 10.6 Å². The monoisotopic (exact) mass is 633 g/mol. The largest absolute Gasteiger partial charge is 0.417 e. The number of carbonyl (C=O) groups is 1. The van der Waals surface area contributed by atoms with E-state index in [-0.39, 0.29) is 65.3 Å². The standard InChI is InChI=1S/C31H32F5N5O2S/c1-4-25(42)39-13-18(3)40(14-17(39)2)29-22-12-23(31(34,35)36)26(21-8-7-19(32)11-24(21)33)28-27(22)41(30(43)37-29)15-20(16-44-28)38-9-5-6-10-38/h4,7-8,11-12,17-18,20H,1,5-6,9-10,13-16H2,2-3H3/t17-,18+,20?/m1/s1. The SMILES string of the molecule is C=CC(=O)N1C[C@H](C)N(c2nc(=O)n3c4c(c(-c5ccc(F)cc5F)c(C(F)(F)F)cc24)SCC(N2CCCC2)C3)C[C@H]1C. The molecule has 4 heterocycles.